The highest BCUT2D eigenvalue weighted by Gasteiger charge is 2.11. The van der Waals surface area contributed by atoms with Gasteiger partial charge >= 0.3 is 0 Å². The molecule has 72 valence electrons. The molecule has 0 aromatic heterocycles. The molecule has 1 aromatic rings. The third-order valence-corrected chi connectivity index (χ3v) is 1.89. The molecule has 0 aliphatic rings. The van der Waals surface area contributed by atoms with Crippen molar-refractivity contribution in [1.82, 2.24) is 0 Å². The molecule has 1 rings (SSSR count). The summed E-state index contributed by atoms with van der Waals surface area (Å²) in [7, 11) is 0. The second-order valence-electron chi connectivity index (χ2n) is 3.14. The molecule has 13 heavy (non-hydrogen) atoms. The molecule has 0 saturated carbocycles. The van der Waals surface area contributed by atoms with Crippen LogP contribution >= 0.6 is 0 Å². The van der Waals surface area contributed by atoms with Crippen molar-refractivity contribution >= 4 is 0 Å². The van der Waals surface area contributed by atoms with Gasteiger partial charge in [-0.15, -0.1) is 0 Å². The lowest BCUT2D eigenvalue weighted by atomic mass is 10.0. The molecular weight excluding hydrogens is 171 g/mol. The van der Waals surface area contributed by atoms with E-state index in [2.05, 4.69) is 0 Å². The molecule has 0 aliphatic carbocycles. The van der Waals surface area contributed by atoms with Gasteiger partial charge in [0.25, 0.3) is 0 Å². The zero-order valence-corrected chi connectivity index (χ0v) is 7.44. The van der Waals surface area contributed by atoms with Crippen LogP contribution in [0.2, 0.25) is 0 Å². The van der Waals surface area contributed by atoms with Gasteiger partial charge in [0.05, 0.1) is 12.2 Å². The van der Waals surface area contributed by atoms with E-state index >= 15 is 0 Å². The van der Waals surface area contributed by atoms with Gasteiger partial charge in [0.1, 0.15) is 5.82 Å². The fourth-order valence-corrected chi connectivity index (χ4v) is 1.08. The summed E-state index contributed by atoms with van der Waals surface area (Å²) in [5.41, 5.74) is 0.688. The van der Waals surface area contributed by atoms with E-state index in [0.29, 0.717) is 5.56 Å². The summed E-state index contributed by atoms with van der Waals surface area (Å²) in [6.45, 7) is 1.50. The van der Waals surface area contributed by atoms with Gasteiger partial charge in [0.15, 0.2) is 0 Å². The van der Waals surface area contributed by atoms with Crippen molar-refractivity contribution in [1.29, 1.82) is 0 Å². The monoisotopic (exact) mass is 184 g/mol. The van der Waals surface area contributed by atoms with Gasteiger partial charge in [-0.05, 0) is 24.6 Å². The molecule has 0 heterocycles. The predicted octanol–water partition coefficient (Wildman–Crippen LogP) is 1.11. The summed E-state index contributed by atoms with van der Waals surface area (Å²) in [5, 5.41) is 18.3. The first kappa shape index (κ1) is 10.2. The maximum Gasteiger partial charge on any atom is 0.123 e. The molecule has 0 saturated heterocycles. The summed E-state index contributed by atoms with van der Waals surface area (Å²) < 4.78 is 12.7. The Morgan fingerprint density at radius 3 is 2.62 bits per heavy atom. The molecule has 2 unspecified atom stereocenters. The van der Waals surface area contributed by atoms with Crippen molar-refractivity contribution in [3.8, 4) is 0 Å². The Morgan fingerprint density at radius 1 is 1.38 bits per heavy atom. The fourth-order valence-electron chi connectivity index (χ4n) is 1.08. The maximum absolute atomic E-state index is 12.7. The summed E-state index contributed by atoms with van der Waals surface area (Å²) in [6.07, 6.45) is -1.35. The van der Waals surface area contributed by atoms with Gasteiger partial charge in [-0.3, -0.25) is 0 Å². The van der Waals surface area contributed by atoms with Crippen LogP contribution in [0.25, 0.3) is 0 Å². The van der Waals surface area contributed by atoms with Crippen LogP contribution in [0, 0.1) is 5.82 Å². The topological polar surface area (TPSA) is 40.5 Å². The van der Waals surface area contributed by atoms with Crippen molar-refractivity contribution < 1.29 is 14.6 Å². The molecule has 2 nitrogen and oxygen atoms in total. The fraction of sp³-hybridized carbons (Fsp3) is 0.400. The molecule has 0 aliphatic heterocycles. The normalized spacial score (nSPS) is 15.4. The number of benzene rings is 1. The Morgan fingerprint density at radius 2 is 2.08 bits per heavy atom. The minimum Gasteiger partial charge on any atom is -0.391 e. The number of aliphatic hydroxyl groups excluding tert-OH is 2. The Bertz CT molecular complexity index is 273. The quantitative estimate of drug-likeness (QED) is 0.738. The molecule has 0 spiro atoms. The van der Waals surface area contributed by atoms with Crippen molar-refractivity contribution in [2.24, 2.45) is 0 Å². The lowest BCUT2D eigenvalue weighted by Crippen LogP contribution is -2.24. The van der Waals surface area contributed by atoms with Gasteiger partial charge < -0.3 is 10.2 Å². The van der Waals surface area contributed by atoms with Crippen LogP contribution in [-0.2, 0) is 6.42 Å². The Hall–Kier alpha value is -0.930. The van der Waals surface area contributed by atoms with Crippen LogP contribution in [-0.4, -0.2) is 22.4 Å². The molecule has 0 amide bonds. The first-order valence-electron chi connectivity index (χ1n) is 4.20. The van der Waals surface area contributed by atoms with Crippen molar-refractivity contribution in [3.63, 3.8) is 0 Å². The zero-order valence-electron chi connectivity index (χ0n) is 7.44. The SMILES string of the molecule is CC(O)C(O)Cc1cccc(F)c1. The highest BCUT2D eigenvalue weighted by atomic mass is 19.1. The highest BCUT2D eigenvalue weighted by molar-refractivity contribution is 5.17. The smallest absolute Gasteiger partial charge is 0.123 e. The maximum atomic E-state index is 12.7. The van der Waals surface area contributed by atoms with E-state index in [4.69, 9.17) is 5.11 Å². The molecule has 3 heteroatoms. The Labute approximate surface area is 76.6 Å². The highest BCUT2D eigenvalue weighted by Crippen LogP contribution is 2.08. The third kappa shape index (κ3) is 3.13. The summed E-state index contributed by atoms with van der Waals surface area (Å²) >= 11 is 0. The first-order valence-corrected chi connectivity index (χ1v) is 4.20. The first-order chi connectivity index (χ1) is 6.09. The van der Waals surface area contributed by atoms with Gasteiger partial charge in [-0.25, -0.2) is 4.39 Å². The average molecular weight is 184 g/mol. The Balaban J connectivity index is 2.64. The van der Waals surface area contributed by atoms with Crippen LogP contribution in [0.4, 0.5) is 4.39 Å². The zero-order chi connectivity index (χ0) is 9.84. The number of hydrogen-bond donors (Lipinski definition) is 2. The van der Waals surface area contributed by atoms with Crippen LogP contribution in [0.3, 0.4) is 0 Å². The van der Waals surface area contributed by atoms with Gasteiger partial charge in [-0.2, -0.15) is 0 Å². The number of rotatable bonds is 3. The van der Waals surface area contributed by atoms with E-state index in [1.54, 1.807) is 12.1 Å². The van der Waals surface area contributed by atoms with E-state index in [0.717, 1.165) is 0 Å². The summed E-state index contributed by atoms with van der Waals surface area (Å²) in [6, 6.07) is 6.00. The van der Waals surface area contributed by atoms with Crippen molar-refractivity contribution in [2.45, 2.75) is 25.6 Å². The molecule has 2 atom stereocenters. The van der Waals surface area contributed by atoms with Crippen molar-refractivity contribution in [3.05, 3.63) is 35.6 Å². The van der Waals surface area contributed by atoms with E-state index < -0.39 is 12.2 Å². The minimum absolute atomic E-state index is 0.273. The third-order valence-electron chi connectivity index (χ3n) is 1.89. The second kappa shape index (κ2) is 4.35. The van der Waals surface area contributed by atoms with Gasteiger partial charge in [0, 0.05) is 6.42 Å². The van der Waals surface area contributed by atoms with E-state index in [1.807, 2.05) is 0 Å². The number of hydrogen-bond acceptors (Lipinski definition) is 2. The molecule has 1 aromatic carbocycles. The second-order valence-corrected chi connectivity index (χ2v) is 3.14. The lowest BCUT2D eigenvalue weighted by Gasteiger charge is -2.13. The molecule has 0 bridgehead atoms. The van der Waals surface area contributed by atoms with Crippen molar-refractivity contribution in [2.75, 3.05) is 0 Å². The van der Waals surface area contributed by atoms with E-state index in [9.17, 15) is 9.50 Å². The van der Waals surface area contributed by atoms with Crippen LogP contribution in [0.1, 0.15) is 12.5 Å². The summed E-state index contributed by atoms with van der Waals surface area (Å²) in [5.74, 6) is -0.324. The molecule has 2 N–H and O–H groups in total. The summed E-state index contributed by atoms with van der Waals surface area (Å²) in [4.78, 5) is 0. The van der Waals surface area contributed by atoms with Gasteiger partial charge in [0.2, 0.25) is 0 Å². The van der Waals surface area contributed by atoms with Crippen LogP contribution in [0.15, 0.2) is 24.3 Å². The van der Waals surface area contributed by atoms with Gasteiger partial charge in [-0.1, -0.05) is 12.1 Å². The standard InChI is InChI=1S/C10H13FO2/c1-7(12)10(13)6-8-3-2-4-9(11)5-8/h2-5,7,10,12-13H,6H2,1H3. The predicted molar refractivity (Wildman–Crippen MR) is 47.8 cm³/mol. The van der Waals surface area contributed by atoms with E-state index in [-0.39, 0.29) is 12.2 Å². The van der Waals surface area contributed by atoms with Crippen LogP contribution in [0.5, 0.6) is 0 Å². The molecule has 0 radical (unpaired) electrons. The number of aliphatic hydroxyl groups is 2. The van der Waals surface area contributed by atoms with E-state index in [1.165, 1.54) is 19.1 Å². The van der Waals surface area contributed by atoms with Crippen LogP contribution < -0.4 is 0 Å². The average Bonchev–Trinajstić information content (AvgIpc) is 2.04. The largest absolute Gasteiger partial charge is 0.391 e. The minimum atomic E-state index is -0.832. The molecule has 0 fully saturated rings. The number of halogens is 1. The Kier molecular flexibility index (Phi) is 3.39. The molecular formula is C10H13FO2. The lowest BCUT2D eigenvalue weighted by molar-refractivity contribution is 0.0319.